The Bertz CT molecular complexity index is 972. The number of hydrogen-bond donors (Lipinski definition) is 0. The normalized spacial score (nSPS) is 16.1. The number of methoxy groups -OCH3 is 1. The molecule has 2 aromatic carbocycles. The fourth-order valence-electron chi connectivity index (χ4n) is 3.18. The van der Waals surface area contributed by atoms with Crippen molar-refractivity contribution in [2.24, 2.45) is 20.7 Å². The van der Waals surface area contributed by atoms with Crippen molar-refractivity contribution in [3.63, 3.8) is 0 Å². The highest BCUT2D eigenvalue weighted by atomic mass is 16.5. The van der Waals surface area contributed by atoms with E-state index in [1.165, 1.54) is 0 Å². The van der Waals surface area contributed by atoms with Crippen LogP contribution in [0.5, 0.6) is 5.75 Å². The van der Waals surface area contributed by atoms with E-state index in [2.05, 4.69) is 31.6 Å². The van der Waals surface area contributed by atoms with E-state index in [0.29, 0.717) is 24.1 Å². The topological polar surface area (TPSA) is 88.2 Å². The molecule has 0 saturated carbocycles. The lowest BCUT2D eigenvalue weighted by molar-refractivity contribution is -0.272. The molecule has 0 radical (unpaired) electrons. The molecule has 8 heteroatoms. The van der Waals surface area contributed by atoms with Gasteiger partial charge in [-0.15, -0.1) is 10.2 Å². The summed E-state index contributed by atoms with van der Waals surface area (Å²) < 4.78 is 5.29. The van der Waals surface area contributed by atoms with E-state index in [1.807, 2.05) is 35.2 Å². The molecule has 1 saturated heterocycles. The molecule has 2 heterocycles. The Labute approximate surface area is 156 Å². The second-order valence-corrected chi connectivity index (χ2v) is 6.26. The minimum atomic E-state index is 0.0338. The monoisotopic (exact) mass is 363 g/mol. The van der Waals surface area contributed by atoms with Gasteiger partial charge in [0.1, 0.15) is 5.75 Å². The number of rotatable bonds is 3. The molecule has 1 fully saturated rings. The Morgan fingerprint density at radius 1 is 0.963 bits per heavy atom. The highest BCUT2D eigenvalue weighted by Crippen LogP contribution is 2.22. The molecule has 0 N–H and O–H groups in total. The van der Waals surface area contributed by atoms with Crippen molar-refractivity contribution in [3.8, 4) is 5.75 Å². The number of benzene rings is 2. The largest absolute Gasteiger partial charge is 0.860 e. The molecular formula is C19H19N6O2-. The summed E-state index contributed by atoms with van der Waals surface area (Å²) in [4.78, 5) is 4.15. The van der Waals surface area contributed by atoms with Crippen molar-refractivity contribution in [2.45, 2.75) is 0 Å². The molecule has 0 bridgehead atoms. The number of piperazine rings is 1. The van der Waals surface area contributed by atoms with E-state index in [9.17, 15) is 5.11 Å². The molecule has 2 aliphatic heterocycles. The highest BCUT2D eigenvalue weighted by Gasteiger charge is 2.16. The molecule has 0 atom stereocenters. The molecule has 2 aromatic rings. The first kappa shape index (κ1) is 17.0. The maximum atomic E-state index is 12.8. The first-order chi connectivity index (χ1) is 13.2. The third-order valence-corrected chi connectivity index (χ3v) is 4.69. The first-order valence-corrected chi connectivity index (χ1v) is 8.72. The molecule has 138 valence electrons. The van der Waals surface area contributed by atoms with Gasteiger partial charge in [-0.25, -0.2) is 0 Å². The van der Waals surface area contributed by atoms with Gasteiger partial charge in [-0.3, -0.25) is 0 Å². The molecule has 2 aliphatic rings. The van der Waals surface area contributed by atoms with Crippen molar-refractivity contribution in [2.75, 3.05) is 38.2 Å². The first-order valence-electron chi connectivity index (χ1n) is 8.72. The van der Waals surface area contributed by atoms with Gasteiger partial charge in [0.25, 0.3) is 0 Å². The van der Waals surface area contributed by atoms with Crippen molar-refractivity contribution in [1.82, 2.24) is 4.90 Å². The zero-order valence-corrected chi connectivity index (χ0v) is 14.9. The average molecular weight is 363 g/mol. The maximum Gasteiger partial charge on any atom is 0.207 e. The molecule has 4 rings (SSSR count). The van der Waals surface area contributed by atoms with Crippen LogP contribution in [0.25, 0.3) is 11.7 Å². The van der Waals surface area contributed by atoms with Crippen LogP contribution in [0.15, 0.2) is 69.2 Å². The Morgan fingerprint density at radius 2 is 1.67 bits per heavy atom. The van der Waals surface area contributed by atoms with E-state index >= 15 is 0 Å². The van der Waals surface area contributed by atoms with Crippen LogP contribution < -0.4 is 25.2 Å². The van der Waals surface area contributed by atoms with Gasteiger partial charge in [-0.05, 0) is 33.7 Å². The fraction of sp³-hybridized carbons (Fsp3) is 0.263. The summed E-state index contributed by atoms with van der Waals surface area (Å²) >= 11 is 0. The Hall–Kier alpha value is -3.42. The van der Waals surface area contributed by atoms with E-state index in [-0.39, 0.29) is 5.88 Å². The van der Waals surface area contributed by atoms with Crippen molar-refractivity contribution in [1.29, 1.82) is 0 Å². The van der Waals surface area contributed by atoms with Crippen LogP contribution >= 0.6 is 0 Å². The summed E-state index contributed by atoms with van der Waals surface area (Å²) in [6.07, 6.45) is 0. The van der Waals surface area contributed by atoms with E-state index in [4.69, 9.17) is 4.74 Å². The minimum absolute atomic E-state index is 0.0338. The van der Waals surface area contributed by atoms with Gasteiger partial charge >= 0.3 is 0 Å². The summed E-state index contributed by atoms with van der Waals surface area (Å²) in [5.74, 6) is 1.33. The lowest BCUT2D eigenvalue weighted by atomic mass is 10.2. The summed E-state index contributed by atoms with van der Waals surface area (Å²) in [5.41, 5.74) is 1.11. The number of ether oxygens (including phenoxy) is 1. The van der Waals surface area contributed by atoms with Crippen LogP contribution in [0.3, 0.4) is 0 Å². The standard InChI is InChI=1S/C19H20N6O2/c1-27-17-4-2-3-16(13-17)24-9-11-25(12-10-24)19(26)15-7-5-14(6-8-15)18-20-22-23-21-18/h2-8,13,26H,9-12H2,1H3/p-1. The van der Waals surface area contributed by atoms with Crippen LogP contribution in [0.1, 0.15) is 0 Å². The summed E-state index contributed by atoms with van der Waals surface area (Å²) in [5, 5.41) is 28.8. The van der Waals surface area contributed by atoms with Gasteiger partial charge in [0.05, 0.1) is 7.11 Å². The minimum Gasteiger partial charge on any atom is -0.860 e. The van der Waals surface area contributed by atoms with Gasteiger partial charge in [0, 0.05) is 43.2 Å². The molecule has 0 amide bonds. The zero-order valence-electron chi connectivity index (χ0n) is 14.9. The van der Waals surface area contributed by atoms with Crippen LogP contribution in [0, 0.1) is 0 Å². The smallest absolute Gasteiger partial charge is 0.207 e. The van der Waals surface area contributed by atoms with Gasteiger partial charge < -0.3 is 19.6 Å². The summed E-state index contributed by atoms with van der Waals surface area (Å²) in [6, 6.07) is 15.2. The van der Waals surface area contributed by atoms with Gasteiger partial charge in [-0.2, -0.15) is 0 Å². The highest BCUT2D eigenvalue weighted by molar-refractivity contribution is 5.51. The SMILES string of the molecule is COc1cccc(N2CCN(C([O-])=c3ccc(=C4N=NN=N4)cc3)CC2)c1. The number of hydrogen-bond acceptors (Lipinski definition) is 8. The Balaban J connectivity index is 1.49. The molecule has 27 heavy (non-hydrogen) atoms. The maximum absolute atomic E-state index is 12.8. The van der Waals surface area contributed by atoms with E-state index in [1.54, 1.807) is 19.2 Å². The van der Waals surface area contributed by atoms with E-state index in [0.717, 1.165) is 29.7 Å². The Kier molecular flexibility index (Phi) is 4.69. The van der Waals surface area contributed by atoms with Crippen molar-refractivity contribution >= 4 is 17.4 Å². The molecule has 0 unspecified atom stereocenters. The van der Waals surface area contributed by atoms with Gasteiger partial charge in [0.2, 0.25) is 5.82 Å². The summed E-state index contributed by atoms with van der Waals surface area (Å²) in [6.45, 7) is 2.93. The molecule has 0 aliphatic carbocycles. The van der Waals surface area contributed by atoms with Gasteiger partial charge in [-0.1, -0.05) is 30.3 Å². The molecule has 0 spiro atoms. The lowest BCUT2D eigenvalue weighted by Crippen LogP contribution is -2.48. The average Bonchev–Trinajstić information content (AvgIpc) is 3.28. The van der Waals surface area contributed by atoms with Crippen LogP contribution in [0.2, 0.25) is 0 Å². The Morgan fingerprint density at radius 3 is 2.33 bits per heavy atom. The summed E-state index contributed by atoms with van der Waals surface area (Å²) in [7, 11) is 1.66. The fourth-order valence-corrected chi connectivity index (χ4v) is 3.18. The van der Waals surface area contributed by atoms with Crippen LogP contribution in [-0.4, -0.2) is 38.2 Å². The van der Waals surface area contributed by atoms with E-state index < -0.39 is 0 Å². The lowest BCUT2D eigenvalue weighted by Gasteiger charge is -2.40. The predicted molar refractivity (Wildman–Crippen MR) is 99.0 cm³/mol. The predicted octanol–water partition coefficient (Wildman–Crippen LogP) is 0.842. The number of nitrogens with zero attached hydrogens (tertiary/aromatic N) is 6. The third kappa shape index (κ3) is 3.59. The van der Waals surface area contributed by atoms with Crippen molar-refractivity contribution in [3.05, 3.63) is 59.0 Å². The van der Waals surface area contributed by atoms with Gasteiger partial charge in [0.15, 0.2) is 0 Å². The molecule has 0 aromatic heterocycles. The van der Waals surface area contributed by atoms with Crippen molar-refractivity contribution < 1.29 is 9.84 Å². The van der Waals surface area contributed by atoms with Crippen LogP contribution in [0.4, 0.5) is 5.69 Å². The zero-order chi connectivity index (χ0) is 18.6. The van der Waals surface area contributed by atoms with Crippen LogP contribution in [-0.2, 0) is 0 Å². The second-order valence-electron chi connectivity index (χ2n) is 6.26. The quantitative estimate of drug-likeness (QED) is 0.808. The molecular weight excluding hydrogens is 344 g/mol. The second kappa shape index (κ2) is 7.45. The molecule has 8 nitrogen and oxygen atoms in total. The third-order valence-electron chi connectivity index (χ3n) is 4.69. The number of anilines is 1.